The number of carbonyl (C=O) groups excluding carboxylic acids is 1. The number of likely N-dealkylation sites (tertiary alicyclic amines) is 1. The van der Waals surface area contributed by atoms with Crippen LogP contribution in [-0.2, 0) is 17.6 Å². The Hall–Kier alpha value is -2.16. The van der Waals surface area contributed by atoms with Crippen molar-refractivity contribution in [3.05, 3.63) is 65.5 Å². The van der Waals surface area contributed by atoms with E-state index < -0.39 is 0 Å². The second-order valence-corrected chi connectivity index (χ2v) is 6.23. The molecule has 2 heterocycles. The molecule has 114 valence electrons. The Morgan fingerprint density at radius 1 is 1.18 bits per heavy atom. The van der Waals surface area contributed by atoms with Crippen LogP contribution in [0.1, 0.15) is 23.1 Å². The van der Waals surface area contributed by atoms with Gasteiger partial charge in [-0.3, -0.25) is 9.78 Å². The zero-order valence-electron chi connectivity index (χ0n) is 13.2. The van der Waals surface area contributed by atoms with Crippen LogP contribution in [-0.4, -0.2) is 28.9 Å². The van der Waals surface area contributed by atoms with Crippen molar-refractivity contribution in [2.75, 3.05) is 7.05 Å². The summed E-state index contributed by atoms with van der Waals surface area (Å²) in [6, 6.07) is 12.8. The summed E-state index contributed by atoms with van der Waals surface area (Å²) in [6.45, 7) is 2.06. The number of carbonyl (C=O) groups is 1. The zero-order chi connectivity index (χ0) is 15.5. The van der Waals surface area contributed by atoms with Gasteiger partial charge in [-0.15, -0.1) is 0 Å². The Bertz CT molecular complexity index is 653. The molecule has 1 saturated heterocycles. The summed E-state index contributed by atoms with van der Waals surface area (Å²) in [5.41, 5.74) is 3.71. The van der Waals surface area contributed by atoms with Crippen molar-refractivity contribution < 1.29 is 4.79 Å². The number of amides is 1. The molecule has 1 unspecified atom stereocenters. The number of aryl methyl sites for hydroxylation is 1. The van der Waals surface area contributed by atoms with E-state index in [1.165, 1.54) is 16.7 Å². The van der Waals surface area contributed by atoms with E-state index in [2.05, 4.69) is 36.2 Å². The fourth-order valence-corrected chi connectivity index (χ4v) is 3.33. The number of nitrogens with zero attached hydrogens (tertiary/aromatic N) is 2. The van der Waals surface area contributed by atoms with Crippen molar-refractivity contribution in [3.8, 4) is 0 Å². The van der Waals surface area contributed by atoms with E-state index in [0.717, 1.165) is 19.3 Å². The van der Waals surface area contributed by atoms with Crippen molar-refractivity contribution in [1.29, 1.82) is 0 Å². The highest BCUT2D eigenvalue weighted by molar-refractivity contribution is 5.81. The minimum atomic E-state index is 0.0970. The van der Waals surface area contributed by atoms with E-state index >= 15 is 0 Å². The van der Waals surface area contributed by atoms with Crippen LogP contribution in [0.15, 0.2) is 48.8 Å². The van der Waals surface area contributed by atoms with E-state index in [-0.39, 0.29) is 11.8 Å². The fourth-order valence-electron chi connectivity index (χ4n) is 3.33. The summed E-state index contributed by atoms with van der Waals surface area (Å²) >= 11 is 0. The first kappa shape index (κ1) is 14.8. The number of pyridine rings is 1. The minimum absolute atomic E-state index is 0.0970. The fraction of sp³-hybridized carbons (Fsp3) is 0.368. The smallest absolute Gasteiger partial charge is 0.226 e. The molecule has 2 atom stereocenters. The normalized spacial score (nSPS) is 21.4. The molecular formula is C19H22N2O. The molecule has 3 nitrogen and oxygen atoms in total. The molecule has 0 N–H and O–H groups in total. The Kier molecular flexibility index (Phi) is 4.23. The van der Waals surface area contributed by atoms with Crippen LogP contribution in [0.25, 0.3) is 0 Å². The van der Waals surface area contributed by atoms with E-state index in [9.17, 15) is 4.79 Å². The first-order valence-electron chi connectivity index (χ1n) is 7.85. The van der Waals surface area contributed by atoms with Crippen molar-refractivity contribution in [2.45, 2.75) is 32.2 Å². The Balaban J connectivity index is 1.70. The van der Waals surface area contributed by atoms with Gasteiger partial charge in [0, 0.05) is 31.4 Å². The Morgan fingerprint density at radius 2 is 1.95 bits per heavy atom. The molecule has 1 aliphatic heterocycles. The molecule has 0 saturated carbocycles. The molecule has 1 fully saturated rings. The SMILES string of the molecule is Cc1cnccc1CC1C[C@H](Cc2ccccc2)N(C)C1=O. The monoisotopic (exact) mass is 294 g/mol. The topological polar surface area (TPSA) is 33.2 Å². The summed E-state index contributed by atoms with van der Waals surface area (Å²) in [6.07, 6.45) is 6.39. The molecule has 1 aliphatic rings. The van der Waals surface area contributed by atoms with Crippen molar-refractivity contribution in [2.24, 2.45) is 5.92 Å². The zero-order valence-corrected chi connectivity index (χ0v) is 13.2. The molecule has 22 heavy (non-hydrogen) atoms. The summed E-state index contributed by atoms with van der Waals surface area (Å²) in [7, 11) is 1.94. The van der Waals surface area contributed by atoms with Gasteiger partial charge in [0.25, 0.3) is 0 Å². The number of aromatic nitrogens is 1. The Morgan fingerprint density at radius 3 is 2.68 bits per heavy atom. The van der Waals surface area contributed by atoms with Crippen LogP contribution in [0.3, 0.4) is 0 Å². The average Bonchev–Trinajstić information content (AvgIpc) is 2.79. The molecule has 1 amide bonds. The lowest BCUT2D eigenvalue weighted by molar-refractivity contribution is -0.130. The molecular weight excluding hydrogens is 272 g/mol. The first-order chi connectivity index (χ1) is 10.6. The van der Waals surface area contributed by atoms with Gasteiger partial charge in [0.15, 0.2) is 0 Å². The predicted octanol–water partition coefficient (Wildman–Crippen LogP) is 3.02. The van der Waals surface area contributed by atoms with Crippen molar-refractivity contribution in [1.82, 2.24) is 9.88 Å². The lowest BCUT2D eigenvalue weighted by atomic mass is 9.93. The van der Waals surface area contributed by atoms with Gasteiger partial charge in [-0.05, 0) is 48.9 Å². The van der Waals surface area contributed by atoms with Crippen molar-refractivity contribution >= 4 is 5.91 Å². The molecule has 0 radical (unpaired) electrons. The maximum absolute atomic E-state index is 12.5. The second-order valence-electron chi connectivity index (χ2n) is 6.23. The van der Waals surface area contributed by atoms with Crippen LogP contribution >= 0.6 is 0 Å². The highest BCUT2D eigenvalue weighted by Crippen LogP contribution is 2.29. The highest BCUT2D eigenvalue weighted by atomic mass is 16.2. The molecule has 1 aromatic heterocycles. The number of hydrogen-bond acceptors (Lipinski definition) is 2. The van der Waals surface area contributed by atoms with Gasteiger partial charge in [0.2, 0.25) is 5.91 Å². The van der Waals surface area contributed by atoms with Crippen LogP contribution < -0.4 is 0 Å². The van der Waals surface area contributed by atoms with Crippen LogP contribution in [0, 0.1) is 12.8 Å². The van der Waals surface area contributed by atoms with Crippen molar-refractivity contribution in [3.63, 3.8) is 0 Å². The van der Waals surface area contributed by atoms with Gasteiger partial charge < -0.3 is 4.90 Å². The van der Waals surface area contributed by atoms with E-state index in [1.54, 1.807) is 0 Å². The molecule has 0 bridgehead atoms. The van der Waals surface area contributed by atoms with Gasteiger partial charge in [-0.2, -0.15) is 0 Å². The summed E-state index contributed by atoms with van der Waals surface area (Å²) < 4.78 is 0. The highest BCUT2D eigenvalue weighted by Gasteiger charge is 2.36. The first-order valence-corrected chi connectivity index (χ1v) is 7.85. The number of benzene rings is 1. The van der Waals surface area contributed by atoms with Gasteiger partial charge in [-0.25, -0.2) is 0 Å². The van der Waals surface area contributed by atoms with Gasteiger partial charge in [0.1, 0.15) is 0 Å². The third-order valence-corrected chi connectivity index (χ3v) is 4.72. The van der Waals surface area contributed by atoms with Gasteiger partial charge >= 0.3 is 0 Å². The second kappa shape index (κ2) is 6.30. The Labute approximate surface area is 132 Å². The quantitative estimate of drug-likeness (QED) is 0.868. The van der Waals surface area contributed by atoms with Crippen LogP contribution in [0.4, 0.5) is 0 Å². The minimum Gasteiger partial charge on any atom is -0.342 e. The summed E-state index contributed by atoms with van der Waals surface area (Å²) in [5.74, 6) is 0.372. The molecule has 1 aromatic carbocycles. The summed E-state index contributed by atoms with van der Waals surface area (Å²) in [4.78, 5) is 18.6. The van der Waals surface area contributed by atoms with Crippen LogP contribution in [0.5, 0.6) is 0 Å². The molecule has 0 aliphatic carbocycles. The average molecular weight is 294 g/mol. The summed E-state index contributed by atoms with van der Waals surface area (Å²) in [5, 5.41) is 0. The van der Waals surface area contributed by atoms with E-state index in [0.29, 0.717) is 6.04 Å². The van der Waals surface area contributed by atoms with Crippen LogP contribution in [0.2, 0.25) is 0 Å². The third kappa shape index (κ3) is 3.03. The maximum Gasteiger partial charge on any atom is 0.226 e. The largest absolute Gasteiger partial charge is 0.342 e. The molecule has 3 rings (SSSR count). The number of hydrogen-bond donors (Lipinski definition) is 0. The lowest BCUT2D eigenvalue weighted by Gasteiger charge is -2.19. The standard InChI is InChI=1S/C19H22N2O/c1-14-13-20-9-8-16(14)11-17-12-18(21(2)19(17)22)10-15-6-4-3-5-7-15/h3-9,13,17-18H,10-12H2,1-2H3/t17?,18-/m0/s1. The third-order valence-electron chi connectivity index (χ3n) is 4.72. The maximum atomic E-state index is 12.5. The van der Waals surface area contributed by atoms with Gasteiger partial charge in [-0.1, -0.05) is 30.3 Å². The van der Waals surface area contributed by atoms with E-state index in [4.69, 9.17) is 0 Å². The molecule has 0 spiro atoms. The van der Waals surface area contributed by atoms with E-state index in [1.807, 2.05) is 36.5 Å². The predicted molar refractivity (Wildman–Crippen MR) is 87.5 cm³/mol. The molecule has 3 heteroatoms. The van der Waals surface area contributed by atoms with Gasteiger partial charge in [0.05, 0.1) is 0 Å². The lowest BCUT2D eigenvalue weighted by Crippen LogP contribution is -2.31. The number of likely N-dealkylation sites (N-methyl/N-ethyl adjacent to an activating group) is 1. The molecule has 2 aromatic rings. The number of rotatable bonds is 4.